The zero-order valence-electron chi connectivity index (χ0n) is 10.9. The SMILES string of the molecule is Nc1ccc(S(=O)(=O)NC(=O)c2ccccc2)cc1.[Na]. The van der Waals surface area contributed by atoms with Gasteiger partial charge in [-0.15, -0.1) is 0 Å². The first-order valence-electron chi connectivity index (χ1n) is 5.47. The zero-order chi connectivity index (χ0) is 13.9. The Hall–Kier alpha value is -1.34. The standard InChI is InChI=1S/C13H12N2O3S.Na/c14-11-6-8-12(9-7-11)19(17,18)15-13(16)10-4-2-1-3-5-10;/h1-9H,14H2,(H,15,16);. The molecule has 0 fully saturated rings. The number of carbonyl (C=O) groups is 1. The van der Waals surface area contributed by atoms with Crippen molar-refractivity contribution in [2.75, 3.05) is 5.73 Å². The molecule has 20 heavy (non-hydrogen) atoms. The minimum Gasteiger partial charge on any atom is -0.399 e. The van der Waals surface area contributed by atoms with Gasteiger partial charge in [-0.3, -0.25) is 4.79 Å². The molecule has 0 saturated heterocycles. The summed E-state index contributed by atoms with van der Waals surface area (Å²) in [6, 6.07) is 13.7. The Morgan fingerprint density at radius 1 is 0.950 bits per heavy atom. The van der Waals surface area contributed by atoms with Gasteiger partial charge in [0.25, 0.3) is 15.9 Å². The van der Waals surface area contributed by atoms with Gasteiger partial charge in [-0.25, -0.2) is 13.1 Å². The fraction of sp³-hybridized carbons (Fsp3) is 0. The molecule has 5 nitrogen and oxygen atoms in total. The van der Waals surface area contributed by atoms with Crippen LogP contribution in [0.2, 0.25) is 0 Å². The van der Waals surface area contributed by atoms with Crippen molar-refractivity contribution in [2.45, 2.75) is 4.90 Å². The Morgan fingerprint density at radius 2 is 1.50 bits per heavy atom. The van der Waals surface area contributed by atoms with Crippen LogP contribution in [0, 0.1) is 0 Å². The number of hydrogen-bond donors (Lipinski definition) is 2. The molecule has 0 aliphatic rings. The molecule has 0 heterocycles. The van der Waals surface area contributed by atoms with E-state index in [1.807, 2.05) is 4.72 Å². The van der Waals surface area contributed by atoms with Gasteiger partial charge in [0.2, 0.25) is 0 Å². The Kier molecular flexibility index (Phi) is 5.76. The van der Waals surface area contributed by atoms with E-state index in [4.69, 9.17) is 5.73 Å². The fourth-order valence-corrected chi connectivity index (χ4v) is 2.45. The Morgan fingerprint density at radius 3 is 2.05 bits per heavy atom. The number of anilines is 1. The van der Waals surface area contributed by atoms with Crippen LogP contribution in [0.25, 0.3) is 0 Å². The van der Waals surface area contributed by atoms with Crippen LogP contribution in [0.4, 0.5) is 5.69 Å². The second-order valence-corrected chi connectivity index (χ2v) is 5.55. The Balaban J connectivity index is 0.00000200. The summed E-state index contributed by atoms with van der Waals surface area (Å²) in [5, 5.41) is 0. The topological polar surface area (TPSA) is 89.3 Å². The molecule has 3 N–H and O–H groups in total. The van der Waals surface area contributed by atoms with Crippen molar-refractivity contribution in [1.29, 1.82) is 0 Å². The van der Waals surface area contributed by atoms with E-state index in [0.717, 1.165) is 0 Å². The smallest absolute Gasteiger partial charge is 0.264 e. The Bertz CT molecular complexity index is 685. The first-order chi connectivity index (χ1) is 8.99. The van der Waals surface area contributed by atoms with Gasteiger partial charge in [-0.1, -0.05) is 18.2 Å². The molecule has 2 aromatic carbocycles. The van der Waals surface area contributed by atoms with E-state index < -0.39 is 15.9 Å². The number of hydrogen-bond acceptors (Lipinski definition) is 4. The second-order valence-electron chi connectivity index (χ2n) is 3.87. The Labute approximate surface area is 139 Å². The molecule has 0 aromatic heterocycles. The van der Waals surface area contributed by atoms with Gasteiger partial charge in [-0.05, 0) is 36.4 Å². The van der Waals surface area contributed by atoms with Crippen molar-refractivity contribution in [2.24, 2.45) is 0 Å². The van der Waals surface area contributed by atoms with Crippen molar-refractivity contribution in [1.82, 2.24) is 4.72 Å². The maximum Gasteiger partial charge on any atom is 0.264 e. The van der Waals surface area contributed by atoms with Crippen molar-refractivity contribution >= 4 is 51.2 Å². The molecule has 0 unspecified atom stereocenters. The van der Waals surface area contributed by atoms with Crippen LogP contribution in [0.15, 0.2) is 59.5 Å². The van der Waals surface area contributed by atoms with Gasteiger partial charge in [0.05, 0.1) is 4.90 Å². The molecule has 1 amide bonds. The molecular formula is C13H12N2NaO3S. The second kappa shape index (κ2) is 6.90. The maximum absolute atomic E-state index is 12.0. The van der Waals surface area contributed by atoms with Gasteiger partial charge in [0, 0.05) is 40.8 Å². The van der Waals surface area contributed by atoms with Crippen molar-refractivity contribution in [3.63, 3.8) is 0 Å². The van der Waals surface area contributed by atoms with Crippen LogP contribution in [0.1, 0.15) is 10.4 Å². The van der Waals surface area contributed by atoms with Crippen LogP contribution in [-0.2, 0) is 10.0 Å². The van der Waals surface area contributed by atoms with Gasteiger partial charge in [-0.2, -0.15) is 0 Å². The summed E-state index contributed by atoms with van der Waals surface area (Å²) in [5.74, 6) is -0.669. The van der Waals surface area contributed by atoms with E-state index in [-0.39, 0.29) is 40.0 Å². The molecule has 7 heteroatoms. The predicted octanol–water partition coefficient (Wildman–Crippen LogP) is 1.01. The quantitative estimate of drug-likeness (QED) is 0.654. The minimum atomic E-state index is -3.88. The van der Waals surface area contributed by atoms with Gasteiger partial charge in [0.1, 0.15) is 0 Å². The number of rotatable bonds is 3. The summed E-state index contributed by atoms with van der Waals surface area (Å²) in [7, 11) is -3.88. The molecule has 0 aliphatic heterocycles. The van der Waals surface area contributed by atoms with Gasteiger partial charge in [0.15, 0.2) is 0 Å². The van der Waals surface area contributed by atoms with Crippen molar-refractivity contribution in [3.05, 3.63) is 60.2 Å². The van der Waals surface area contributed by atoms with Gasteiger partial charge >= 0.3 is 0 Å². The van der Waals surface area contributed by atoms with E-state index in [1.165, 1.54) is 36.4 Å². The average Bonchev–Trinajstić information content (AvgIpc) is 2.40. The summed E-state index contributed by atoms with van der Waals surface area (Å²) in [6.45, 7) is 0. The predicted molar refractivity (Wildman–Crippen MR) is 77.7 cm³/mol. The molecule has 0 spiro atoms. The number of benzene rings is 2. The summed E-state index contributed by atoms with van der Waals surface area (Å²) in [4.78, 5) is 11.8. The van der Waals surface area contributed by atoms with Crippen LogP contribution < -0.4 is 10.5 Å². The van der Waals surface area contributed by atoms with Crippen molar-refractivity contribution < 1.29 is 13.2 Å². The minimum absolute atomic E-state index is 0. The zero-order valence-corrected chi connectivity index (χ0v) is 13.7. The summed E-state index contributed by atoms with van der Waals surface area (Å²) < 4.78 is 25.9. The van der Waals surface area contributed by atoms with E-state index >= 15 is 0 Å². The number of carbonyl (C=O) groups excluding carboxylic acids is 1. The number of nitrogens with one attached hydrogen (secondary N) is 1. The molecule has 0 aliphatic carbocycles. The number of nitrogens with two attached hydrogens (primary N) is 1. The first kappa shape index (κ1) is 16.7. The number of amides is 1. The van der Waals surface area contributed by atoms with Crippen LogP contribution in [-0.4, -0.2) is 43.9 Å². The molecule has 2 aromatic rings. The van der Waals surface area contributed by atoms with E-state index in [9.17, 15) is 13.2 Å². The third-order valence-electron chi connectivity index (χ3n) is 2.45. The monoisotopic (exact) mass is 299 g/mol. The summed E-state index contributed by atoms with van der Waals surface area (Å²) >= 11 is 0. The van der Waals surface area contributed by atoms with E-state index in [0.29, 0.717) is 5.69 Å². The molecule has 0 bridgehead atoms. The summed E-state index contributed by atoms with van der Waals surface area (Å²) in [6.07, 6.45) is 0. The molecule has 99 valence electrons. The maximum atomic E-state index is 12.0. The largest absolute Gasteiger partial charge is 0.399 e. The molecule has 0 atom stereocenters. The number of sulfonamides is 1. The van der Waals surface area contributed by atoms with E-state index in [1.54, 1.807) is 18.2 Å². The van der Waals surface area contributed by atoms with Crippen LogP contribution in [0.5, 0.6) is 0 Å². The summed E-state index contributed by atoms with van der Waals surface area (Å²) in [5.41, 5.74) is 6.21. The molecule has 1 radical (unpaired) electrons. The fourth-order valence-electron chi connectivity index (χ4n) is 1.48. The molecular weight excluding hydrogens is 287 g/mol. The van der Waals surface area contributed by atoms with Crippen LogP contribution in [0.3, 0.4) is 0 Å². The average molecular weight is 299 g/mol. The first-order valence-corrected chi connectivity index (χ1v) is 6.95. The van der Waals surface area contributed by atoms with Crippen LogP contribution >= 0.6 is 0 Å². The van der Waals surface area contributed by atoms with Crippen molar-refractivity contribution in [3.8, 4) is 0 Å². The number of nitrogen functional groups attached to an aromatic ring is 1. The molecule has 2 rings (SSSR count). The third kappa shape index (κ3) is 4.08. The third-order valence-corrected chi connectivity index (χ3v) is 3.80. The normalized spacial score (nSPS) is 10.4. The van der Waals surface area contributed by atoms with Gasteiger partial charge < -0.3 is 5.73 Å². The van der Waals surface area contributed by atoms with E-state index in [2.05, 4.69) is 0 Å². The molecule has 0 saturated carbocycles.